The molecule has 0 radical (unpaired) electrons. The van der Waals surface area contributed by atoms with Crippen LogP contribution in [0.3, 0.4) is 0 Å². The van der Waals surface area contributed by atoms with Crippen molar-refractivity contribution in [1.29, 1.82) is 0 Å². The number of ether oxygens (including phenoxy) is 2. The van der Waals surface area contributed by atoms with Gasteiger partial charge in [-0.05, 0) is 17.7 Å². The van der Waals surface area contributed by atoms with Gasteiger partial charge in [-0.2, -0.15) is 0 Å². The number of aliphatic hydroxyl groups excluding tert-OH is 3. The molecule has 124 valence electrons. The molecule has 1 heterocycles. The number of benzene rings is 1. The average molecular weight is 326 g/mol. The van der Waals surface area contributed by atoms with E-state index in [-0.39, 0.29) is 11.4 Å². The van der Waals surface area contributed by atoms with Crippen molar-refractivity contribution in [2.75, 3.05) is 6.61 Å². The quantitative estimate of drug-likeness (QED) is 0.226. The monoisotopic (exact) mass is 326 g/mol. The number of azide groups is 1. The van der Waals surface area contributed by atoms with Gasteiger partial charge in [-0.15, -0.1) is 0 Å². The van der Waals surface area contributed by atoms with Crippen LogP contribution in [0.15, 0.2) is 29.4 Å². The number of aliphatic hydroxyl groups is 3. The number of rotatable bonds is 5. The first-order valence-corrected chi connectivity index (χ1v) is 6.55. The van der Waals surface area contributed by atoms with E-state index in [4.69, 9.17) is 20.1 Å². The van der Waals surface area contributed by atoms with Gasteiger partial charge in [0.2, 0.25) is 6.29 Å². The van der Waals surface area contributed by atoms with Crippen LogP contribution in [0.4, 0.5) is 5.69 Å². The van der Waals surface area contributed by atoms with E-state index in [1.54, 1.807) is 0 Å². The second kappa shape index (κ2) is 7.22. The Hall–Kier alpha value is -2.43. The van der Waals surface area contributed by atoms with Crippen LogP contribution in [0.25, 0.3) is 10.4 Å². The maximum Gasteiger partial charge on any atom is 0.269 e. The fourth-order valence-corrected chi connectivity index (χ4v) is 2.13. The van der Waals surface area contributed by atoms with Gasteiger partial charge in [-0.3, -0.25) is 10.1 Å². The normalized spacial score (nSPS) is 30.3. The molecule has 1 aliphatic heterocycles. The first kappa shape index (κ1) is 16.9. The molecule has 3 N–H and O–H groups in total. The molecule has 0 aliphatic carbocycles. The Morgan fingerprint density at radius 3 is 2.52 bits per heavy atom. The maximum absolute atomic E-state index is 10.6. The smallest absolute Gasteiger partial charge is 0.269 e. The number of nitro groups is 1. The topological polar surface area (TPSA) is 171 Å². The third kappa shape index (κ3) is 3.67. The summed E-state index contributed by atoms with van der Waals surface area (Å²) in [5, 5.41) is 42.8. The summed E-state index contributed by atoms with van der Waals surface area (Å²) in [7, 11) is 0. The van der Waals surface area contributed by atoms with Gasteiger partial charge < -0.3 is 24.8 Å². The number of hydrogen-bond acceptors (Lipinski definition) is 8. The molecule has 11 nitrogen and oxygen atoms in total. The summed E-state index contributed by atoms with van der Waals surface area (Å²) in [5.74, 6) is 0.166. The summed E-state index contributed by atoms with van der Waals surface area (Å²) >= 11 is 0. The van der Waals surface area contributed by atoms with E-state index in [9.17, 15) is 20.3 Å². The Morgan fingerprint density at radius 2 is 2.00 bits per heavy atom. The van der Waals surface area contributed by atoms with Crippen molar-refractivity contribution in [3.05, 3.63) is 44.8 Å². The van der Waals surface area contributed by atoms with Crippen molar-refractivity contribution in [3.63, 3.8) is 0 Å². The fraction of sp³-hybridized carbons (Fsp3) is 0.500. The molecule has 11 heteroatoms. The number of nitrogens with zero attached hydrogens (tertiary/aromatic N) is 4. The Labute approximate surface area is 129 Å². The summed E-state index contributed by atoms with van der Waals surface area (Å²) in [6.45, 7) is -0.582. The number of non-ortho nitro benzene ring substituents is 1. The Balaban J connectivity index is 2.20. The molecule has 1 aromatic carbocycles. The molecule has 0 spiro atoms. The first-order valence-electron chi connectivity index (χ1n) is 6.55. The fourth-order valence-electron chi connectivity index (χ4n) is 2.13. The van der Waals surface area contributed by atoms with Crippen molar-refractivity contribution in [2.24, 2.45) is 5.11 Å². The third-order valence-corrected chi connectivity index (χ3v) is 3.33. The molecule has 1 saturated heterocycles. The van der Waals surface area contributed by atoms with Crippen molar-refractivity contribution < 1.29 is 29.7 Å². The molecule has 23 heavy (non-hydrogen) atoms. The Bertz CT molecular complexity index is 604. The van der Waals surface area contributed by atoms with Gasteiger partial charge >= 0.3 is 0 Å². The molecular formula is C12H14N4O7. The molecule has 0 aromatic heterocycles. The lowest BCUT2D eigenvalue weighted by atomic mass is 9.98. The highest BCUT2D eigenvalue weighted by molar-refractivity contribution is 5.36. The minimum absolute atomic E-state index is 0.141. The molecule has 1 aliphatic rings. The summed E-state index contributed by atoms with van der Waals surface area (Å²) in [6, 6.07) is 3.76. The largest absolute Gasteiger partial charge is 0.464 e. The van der Waals surface area contributed by atoms with Crippen LogP contribution >= 0.6 is 0 Å². The Kier molecular flexibility index (Phi) is 5.32. The van der Waals surface area contributed by atoms with Gasteiger partial charge in [-0.1, -0.05) is 5.11 Å². The van der Waals surface area contributed by atoms with Gasteiger partial charge in [-0.25, -0.2) is 0 Å². The van der Waals surface area contributed by atoms with Crippen molar-refractivity contribution in [1.82, 2.24) is 0 Å². The van der Waals surface area contributed by atoms with E-state index in [1.165, 1.54) is 24.3 Å². The summed E-state index contributed by atoms with van der Waals surface area (Å²) in [5.41, 5.74) is 8.42. The average Bonchev–Trinajstić information content (AvgIpc) is 2.54. The zero-order valence-electron chi connectivity index (χ0n) is 11.7. The SMILES string of the molecule is [N-]=[N+]=N[C@@H]1[C@H](Oc2ccc([N+](=O)[O-])cc2)O[C@H](CO)[C@@H](O)[C@@H]1O. The molecule has 0 unspecified atom stereocenters. The zero-order valence-corrected chi connectivity index (χ0v) is 11.7. The van der Waals surface area contributed by atoms with Gasteiger partial charge in [0.1, 0.15) is 24.0 Å². The minimum atomic E-state index is -1.50. The lowest BCUT2D eigenvalue weighted by molar-refractivity contribution is -0.384. The molecule has 1 aromatic rings. The standard InChI is InChI=1S/C12H14N4O7/c13-15-14-9-11(19)10(18)8(5-17)23-12(9)22-7-3-1-6(2-4-7)16(20)21/h1-4,8-12,17-19H,5H2/t8-,9+,10-,11-,12-/m1/s1. The van der Waals surface area contributed by atoms with Crippen molar-refractivity contribution in [3.8, 4) is 5.75 Å². The summed E-state index contributed by atoms with van der Waals surface area (Å²) in [6.07, 6.45) is -5.35. The predicted molar refractivity (Wildman–Crippen MR) is 74.4 cm³/mol. The van der Waals surface area contributed by atoms with E-state index in [0.29, 0.717) is 0 Å². The third-order valence-electron chi connectivity index (χ3n) is 3.33. The minimum Gasteiger partial charge on any atom is -0.464 e. The van der Waals surface area contributed by atoms with Crippen LogP contribution in [-0.2, 0) is 4.74 Å². The lowest BCUT2D eigenvalue weighted by Crippen LogP contribution is -2.59. The number of nitro benzene ring substituents is 1. The molecule has 1 fully saturated rings. The van der Waals surface area contributed by atoms with E-state index in [0.717, 1.165) is 0 Å². The van der Waals surface area contributed by atoms with Crippen LogP contribution < -0.4 is 4.74 Å². The highest BCUT2D eigenvalue weighted by atomic mass is 16.7. The number of hydrogen-bond donors (Lipinski definition) is 3. The molecule has 0 bridgehead atoms. The van der Waals surface area contributed by atoms with Gasteiger partial charge in [0.15, 0.2) is 0 Å². The van der Waals surface area contributed by atoms with Crippen LogP contribution in [0, 0.1) is 10.1 Å². The molecule has 2 rings (SSSR count). The van der Waals surface area contributed by atoms with Crippen molar-refractivity contribution in [2.45, 2.75) is 30.6 Å². The molecule has 5 atom stereocenters. The van der Waals surface area contributed by atoms with Crippen LogP contribution in [0.1, 0.15) is 0 Å². The van der Waals surface area contributed by atoms with E-state index >= 15 is 0 Å². The van der Waals surface area contributed by atoms with Crippen LogP contribution in [0.2, 0.25) is 0 Å². The highest BCUT2D eigenvalue weighted by Gasteiger charge is 2.45. The van der Waals surface area contributed by atoms with E-state index in [2.05, 4.69) is 10.0 Å². The highest BCUT2D eigenvalue weighted by Crippen LogP contribution is 2.27. The summed E-state index contributed by atoms with van der Waals surface area (Å²) in [4.78, 5) is 12.6. The predicted octanol–water partition coefficient (Wildman–Crippen LogP) is 0.0915. The Morgan fingerprint density at radius 1 is 1.35 bits per heavy atom. The zero-order chi connectivity index (χ0) is 17.0. The summed E-state index contributed by atoms with van der Waals surface area (Å²) < 4.78 is 10.7. The second-order valence-electron chi connectivity index (χ2n) is 4.77. The van der Waals surface area contributed by atoms with Gasteiger partial charge in [0, 0.05) is 17.0 Å². The maximum atomic E-state index is 10.6. The van der Waals surface area contributed by atoms with Crippen LogP contribution in [0.5, 0.6) is 5.75 Å². The molecule has 0 amide bonds. The lowest BCUT2D eigenvalue weighted by Gasteiger charge is -2.40. The van der Waals surface area contributed by atoms with Crippen LogP contribution in [-0.4, -0.2) is 57.5 Å². The van der Waals surface area contributed by atoms with Crippen molar-refractivity contribution >= 4 is 5.69 Å². The van der Waals surface area contributed by atoms with Gasteiger partial charge in [0.25, 0.3) is 5.69 Å². The van der Waals surface area contributed by atoms with Gasteiger partial charge in [0.05, 0.1) is 17.6 Å². The van der Waals surface area contributed by atoms with E-state index in [1.807, 2.05) is 0 Å². The molecule has 0 saturated carbocycles. The van der Waals surface area contributed by atoms with E-state index < -0.39 is 42.2 Å². The second-order valence-corrected chi connectivity index (χ2v) is 4.77. The molecular weight excluding hydrogens is 312 g/mol. The first-order chi connectivity index (χ1) is 11.0.